The first-order chi connectivity index (χ1) is 24.8. The quantitative estimate of drug-likeness (QED) is 0.188. The zero-order valence-electron chi connectivity index (χ0n) is 27.3. The maximum Gasteiger partial charge on any atom is 0.259 e. The van der Waals surface area contributed by atoms with Gasteiger partial charge in [0, 0.05) is 61.8 Å². The third-order valence-electron chi connectivity index (χ3n) is 10.0. The Bertz CT molecular complexity index is 2330. The van der Waals surface area contributed by atoms with E-state index in [1.807, 2.05) is 24.3 Å². The molecule has 256 valence electrons. The summed E-state index contributed by atoms with van der Waals surface area (Å²) in [5.41, 5.74) is 5.12. The highest BCUT2D eigenvalue weighted by Crippen LogP contribution is 2.44. The number of hydrogen-bond acceptors (Lipinski definition) is 8. The third-order valence-corrected chi connectivity index (χ3v) is 11.5. The Morgan fingerprint density at radius 2 is 1.84 bits per heavy atom. The predicted octanol–water partition coefficient (Wildman–Crippen LogP) is 7.61. The number of hydrogen-bond donors (Lipinski definition) is 2. The molecule has 6 aromatic rings. The Labute approximate surface area is 301 Å². The lowest BCUT2D eigenvalue weighted by Crippen LogP contribution is -2.59. The van der Waals surface area contributed by atoms with Crippen molar-refractivity contribution in [1.82, 2.24) is 19.9 Å². The van der Waals surface area contributed by atoms with E-state index in [-0.39, 0.29) is 17.2 Å². The number of fused-ring (bicyclic) bond motifs is 4. The van der Waals surface area contributed by atoms with Gasteiger partial charge >= 0.3 is 0 Å². The van der Waals surface area contributed by atoms with Gasteiger partial charge in [-0.3, -0.25) is 14.6 Å². The van der Waals surface area contributed by atoms with Gasteiger partial charge < -0.3 is 24.8 Å². The van der Waals surface area contributed by atoms with Gasteiger partial charge in [0.2, 0.25) is 0 Å². The molecule has 13 heteroatoms. The second-order valence-electron chi connectivity index (χ2n) is 13.3. The second-order valence-corrected chi connectivity index (χ2v) is 14.7. The van der Waals surface area contributed by atoms with Crippen LogP contribution in [0.25, 0.3) is 32.3 Å². The molecule has 0 saturated carbocycles. The van der Waals surface area contributed by atoms with E-state index in [4.69, 9.17) is 21.3 Å². The lowest BCUT2D eigenvalue weighted by Gasteiger charge is -2.53. The Morgan fingerprint density at radius 1 is 1.02 bits per heavy atom. The zero-order valence-corrected chi connectivity index (χ0v) is 28.9. The minimum absolute atomic E-state index is 0.237. The second kappa shape index (κ2) is 12.6. The molecular weight excluding hydrogens is 689 g/mol. The van der Waals surface area contributed by atoms with E-state index in [2.05, 4.69) is 25.2 Å². The van der Waals surface area contributed by atoms with Gasteiger partial charge in [0.1, 0.15) is 23.2 Å². The van der Waals surface area contributed by atoms with Crippen molar-refractivity contribution in [2.45, 2.75) is 19.3 Å². The van der Waals surface area contributed by atoms with Crippen LogP contribution >= 0.6 is 22.9 Å². The lowest BCUT2D eigenvalue weighted by atomic mass is 9.73. The molecule has 9 rings (SSSR count). The van der Waals surface area contributed by atoms with E-state index in [1.165, 1.54) is 23.6 Å². The van der Waals surface area contributed by atoms with Gasteiger partial charge in [-0.05, 0) is 79.4 Å². The molecule has 2 fully saturated rings. The van der Waals surface area contributed by atoms with Crippen molar-refractivity contribution in [3.8, 4) is 21.3 Å². The van der Waals surface area contributed by atoms with Crippen LogP contribution in [0.1, 0.15) is 39.1 Å². The molecule has 10 nitrogen and oxygen atoms in total. The largest absolute Gasteiger partial charge is 0.381 e. The monoisotopic (exact) mass is 719 g/mol. The third kappa shape index (κ3) is 5.73. The first-order valence-electron chi connectivity index (χ1n) is 16.8. The Morgan fingerprint density at radius 3 is 2.65 bits per heavy atom. The molecular formula is C38H31ClFN7O3S. The van der Waals surface area contributed by atoms with Crippen molar-refractivity contribution in [3.63, 3.8) is 0 Å². The minimum Gasteiger partial charge on any atom is -0.381 e. The Hall–Kier alpha value is -5.17. The highest BCUT2D eigenvalue weighted by atomic mass is 35.5. The van der Waals surface area contributed by atoms with Crippen LogP contribution in [0.4, 0.5) is 21.6 Å². The number of carbonyl (C=O) groups is 2. The maximum absolute atomic E-state index is 14.7. The number of aromatic amines is 1. The van der Waals surface area contributed by atoms with E-state index in [9.17, 15) is 14.0 Å². The van der Waals surface area contributed by atoms with Crippen LogP contribution < -0.4 is 15.1 Å². The minimum atomic E-state index is -0.535. The summed E-state index contributed by atoms with van der Waals surface area (Å²) in [6, 6.07) is 19.3. The first-order valence-corrected chi connectivity index (χ1v) is 18.0. The van der Waals surface area contributed by atoms with Crippen molar-refractivity contribution >= 4 is 63.0 Å². The summed E-state index contributed by atoms with van der Waals surface area (Å²) in [4.78, 5) is 50.0. The van der Waals surface area contributed by atoms with Crippen molar-refractivity contribution in [1.29, 1.82) is 0 Å². The number of pyridine rings is 2. The number of nitrogens with zero attached hydrogens (tertiary/aromatic N) is 5. The molecule has 2 aromatic carbocycles. The summed E-state index contributed by atoms with van der Waals surface area (Å²) in [5.74, 6) is 0.251. The maximum atomic E-state index is 14.7. The number of H-pyrrole nitrogens is 1. The number of thiophene rings is 1. The Balaban J connectivity index is 0.936. The van der Waals surface area contributed by atoms with Gasteiger partial charge in [0.05, 0.1) is 43.3 Å². The van der Waals surface area contributed by atoms with Crippen LogP contribution in [-0.2, 0) is 11.2 Å². The average Bonchev–Trinajstić information content (AvgIpc) is 3.74. The van der Waals surface area contributed by atoms with Gasteiger partial charge in [-0.15, -0.1) is 11.3 Å². The van der Waals surface area contributed by atoms with Crippen LogP contribution in [0.15, 0.2) is 79.1 Å². The number of aromatic nitrogens is 4. The molecule has 2 amide bonds. The molecule has 0 bridgehead atoms. The van der Waals surface area contributed by atoms with Crippen LogP contribution in [0.2, 0.25) is 5.02 Å². The Kier molecular flexibility index (Phi) is 7.82. The lowest BCUT2D eigenvalue weighted by molar-refractivity contribution is -0.000509. The summed E-state index contributed by atoms with van der Waals surface area (Å²) in [6.07, 6.45) is 5.45. The molecule has 51 heavy (non-hydrogen) atoms. The molecule has 4 aromatic heterocycles. The number of ether oxygens (including phenoxy) is 1. The van der Waals surface area contributed by atoms with Crippen LogP contribution in [-0.4, -0.2) is 64.6 Å². The van der Waals surface area contributed by atoms with Gasteiger partial charge in [-0.25, -0.2) is 14.4 Å². The molecule has 2 N–H and O–H groups in total. The molecule has 7 heterocycles. The first kappa shape index (κ1) is 31.8. The summed E-state index contributed by atoms with van der Waals surface area (Å²) in [5, 5.41) is 3.55. The van der Waals surface area contributed by atoms with Gasteiger partial charge in [0.25, 0.3) is 11.8 Å². The average molecular weight is 720 g/mol. The van der Waals surface area contributed by atoms with E-state index in [0.717, 1.165) is 65.5 Å². The van der Waals surface area contributed by atoms with Gasteiger partial charge in [-0.1, -0.05) is 17.7 Å². The highest BCUT2D eigenvalue weighted by molar-refractivity contribution is 7.19. The van der Waals surface area contributed by atoms with Crippen LogP contribution in [0.3, 0.4) is 0 Å². The number of rotatable bonds is 5. The molecule has 1 spiro atoms. The SMILES string of the molecule is O=C(Nc1ccc(C(=O)N2CCc3cc(-c4nc5cccc(Cl)c5[nH]4)sc3-c3ncc(F)cc32)cc1)c1cccnc1N1CC2(CCOCC2)C1. The summed E-state index contributed by atoms with van der Waals surface area (Å²) in [7, 11) is 0. The predicted molar refractivity (Wildman–Crippen MR) is 196 cm³/mol. The van der Waals surface area contributed by atoms with Crippen molar-refractivity contribution in [2.24, 2.45) is 5.41 Å². The molecule has 2 saturated heterocycles. The number of carbonyl (C=O) groups excluding carboxylic acids is 2. The number of para-hydroxylation sites is 1. The van der Waals surface area contributed by atoms with Crippen molar-refractivity contribution in [2.75, 3.05) is 48.0 Å². The van der Waals surface area contributed by atoms with Crippen molar-refractivity contribution in [3.05, 3.63) is 107 Å². The summed E-state index contributed by atoms with van der Waals surface area (Å²) >= 11 is 7.87. The fourth-order valence-corrected chi connectivity index (χ4v) is 8.71. The number of anilines is 3. The van der Waals surface area contributed by atoms with Crippen molar-refractivity contribution < 1.29 is 18.7 Å². The van der Waals surface area contributed by atoms with E-state index >= 15 is 0 Å². The highest BCUT2D eigenvalue weighted by Gasteiger charge is 2.45. The van der Waals surface area contributed by atoms with Crippen LogP contribution in [0.5, 0.6) is 0 Å². The van der Waals surface area contributed by atoms with E-state index < -0.39 is 5.82 Å². The normalized spacial score (nSPS) is 16.4. The topological polar surface area (TPSA) is 116 Å². The van der Waals surface area contributed by atoms with Gasteiger partial charge in [0.15, 0.2) is 0 Å². The summed E-state index contributed by atoms with van der Waals surface area (Å²) < 4.78 is 20.3. The number of nitrogens with one attached hydrogen (secondary N) is 2. The standard InChI is InChI=1S/C38H31ClFN7O3S/c39-27-4-1-5-28-31(27)45-34(44-28)30-17-23-10-14-47(29-18-24(40)19-42-32(29)33(23)51-30)37(49)22-6-8-25(9-7-22)43-36(48)26-3-2-13-41-35(26)46-20-38(21-46)11-15-50-16-12-38/h1-9,13,17-19H,10-12,14-16,20-21H2,(H,43,48)(H,44,45). The van der Waals surface area contributed by atoms with Gasteiger partial charge in [-0.2, -0.15) is 0 Å². The van der Waals surface area contributed by atoms with E-state index in [1.54, 1.807) is 47.5 Å². The smallest absolute Gasteiger partial charge is 0.259 e. The number of halogens is 2. The van der Waals surface area contributed by atoms with Crippen LogP contribution in [0, 0.1) is 11.2 Å². The molecule has 0 radical (unpaired) electrons. The fraction of sp³-hybridized carbons (Fsp3) is 0.237. The fourth-order valence-electron chi connectivity index (χ4n) is 7.33. The molecule has 3 aliphatic heterocycles. The molecule has 3 aliphatic rings. The van der Waals surface area contributed by atoms with E-state index in [0.29, 0.717) is 57.8 Å². The summed E-state index contributed by atoms with van der Waals surface area (Å²) in [6.45, 7) is 3.58. The molecule has 0 unspecified atom stereocenters. The number of benzene rings is 2. The zero-order chi connectivity index (χ0) is 34.7. The molecule has 0 aliphatic carbocycles. The molecule has 0 atom stereocenters. The number of imidazole rings is 1. The number of amides is 2.